The number of benzene rings is 1. The van der Waals surface area contributed by atoms with Crippen LogP contribution in [0.25, 0.3) is 0 Å². The van der Waals surface area contributed by atoms with Crippen LogP contribution in [-0.4, -0.2) is 25.5 Å². The third-order valence-corrected chi connectivity index (χ3v) is 7.33. The molecule has 1 N–H and O–H groups in total. The van der Waals surface area contributed by atoms with Gasteiger partial charge in [-0.05, 0) is 49.9 Å². The number of aromatic nitrogens is 4. The van der Waals surface area contributed by atoms with Gasteiger partial charge in [0.1, 0.15) is 0 Å². The molecular weight excluding hydrogens is 489 g/mol. The minimum absolute atomic E-state index is 0.215. The number of carbonyl (C=O) groups excluding carboxylic acids is 1. The largest absolute Gasteiger partial charge is 0.304 e. The minimum atomic E-state index is -0.215. The molecule has 0 bridgehead atoms. The van der Waals surface area contributed by atoms with Gasteiger partial charge in [0.05, 0.1) is 34.4 Å². The predicted octanol–water partition coefficient (Wildman–Crippen LogP) is 6.38. The van der Waals surface area contributed by atoms with Crippen LogP contribution in [0.15, 0.2) is 35.7 Å². The van der Waals surface area contributed by atoms with E-state index in [-0.39, 0.29) is 5.91 Å². The number of rotatable bonds is 6. The van der Waals surface area contributed by atoms with Crippen molar-refractivity contribution in [2.75, 3.05) is 5.32 Å². The zero-order valence-corrected chi connectivity index (χ0v) is 20.7. The molecule has 0 aliphatic rings. The molecule has 3 heterocycles. The molecule has 0 unspecified atom stereocenters. The van der Waals surface area contributed by atoms with E-state index < -0.39 is 0 Å². The zero-order valence-electron chi connectivity index (χ0n) is 17.6. The zero-order chi connectivity index (χ0) is 23.0. The topological polar surface area (TPSA) is 64.7 Å². The van der Waals surface area contributed by atoms with E-state index in [4.69, 9.17) is 34.8 Å². The molecule has 0 aliphatic heterocycles. The highest BCUT2D eigenvalue weighted by molar-refractivity contribution is 7.12. The Hall–Kier alpha value is -2.32. The number of amides is 1. The summed E-state index contributed by atoms with van der Waals surface area (Å²) in [7, 11) is 0. The van der Waals surface area contributed by atoms with Crippen molar-refractivity contribution < 1.29 is 4.79 Å². The Kier molecular flexibility index (Phi) is 6.62. The highest BCUT2D eigenvalue weighted by Crippen LogP contribution is 2.26. The van der Waals surface area contributed by atoms with Crippen molar-refractivity contribution in [3.63, 3.8) is 0 Å². The van der Waals surface area contributed by atoms with E-state index in [0.717, 1.165) is 28.2 Å². The van der Waals surface area contributed by atoms with Crippen LogP contribution in [0.2, 0.25) is 15.1 Å². The van der Waals surface area contributed by atoms with Gasteiger partial charge in [-0.25, -0.2) is 0 Å². The second kappa shape index (κ2) is 9.27. The molecule has 3 aromatic heterocycles. The van der Waals surface area contributed by atoms with E-state index >= 15 is 0 Å². The molecule has 4 aromatic rings. The van der Waals surface area contributed by atoms with E-state index in [0.29, 0.717) is 38.9 Å². The van der Waals surface area contributed by atoms with Gasteiger partial charge in [-0.2, -0.15) is 10.2 Å². The van der Waals surface area contributed by atoms with Crippen molar-refractivity contribution in [2.24, 2.45) is 0 Å². The van der Waals surface area contributed by atoms with Gasteiger partial charge in [-0.1, -0.05) is 40.9 Å². The lowest BCUT2D eigenvalue weighted by Gasteiger charge is -2.08. The van der Waals surface area contributed by atoms with Crippen LogP contribution in [0.1, 0.15) is 37.9 Å². The normalized spacial score (nSPS) is 11.2. The van der Waals surface area contributed by atoms with Gasteiger partial charge in [-0.3, -0.25) is 14.2 Å². The van der Waals surface area contributed by atoms with Crippen molar-refractivity contribution >= 4 is 57.9 Å². The Morgan fingerprint density at radius 1 is 1.03 bits per heavy atom. The van der Waals surface area contributed by atoms with Crippen LogP contribution < -0.4 is 5.32 Å². The fourth-order valence-corrected chi connectivity index (χ4v) is 4.77. The van der Waals surface area contributed by atoms with Gasteiger partial charge < -0.3 is 5.32 Å². The average molecular weight is 509 g/mol. The van der Waals surface area contributed by atoms with Crippen LogP contribution in [0.5, 0.6) is 0 Å². The lowest BCUT2D eigenvalue weighted by molar-refractivity contribution is 0.103. The molecule has 0 spiro atoms. The summed E-state index contributed by atoms with van der Waals surface area (Å²) in [6.45, 7) is 6.68. The average Bonchev–Trinajstić information content (AvgIpc) is 3.41. The maximum absolute atomic E-state index is 12.8. The van der Waals surface area contributed by atoms with Crippen LogP contribution in [-0.2, 0) is 13.1 Å². The third kappa shape index (κ3) is 4.71. The first-order chi connectivity index (χ1) is 15.2. The summed E-state index contributed by atoms with van der Waals surface area (Å²) in [6, 6.07) is 9.05. The summed E-state index contributed by atoms with van der Waals surface area (Å²) in [5.74, 6) is 0.254. The molecule has 1 amide bonds. The molecule has 32 heavy (non-hydrogen) atoms. The maximum atomic E-state index is 12.8. The van der Waals surface area contributed by atoms with Gasteiger partial charge in [-0.15, -0.1) is 11.3 Å². The van der Waals surface area contributed by atoms with Crippen LogP contribution in [0, 0.1) is 20.8 Å². The Morgan fingerprint density at radius 2 is 1.75 bits per heavy atom. The van der Waals surface area contributed by atoms with Crippen molar-refractivity contribution in [3.8, 4) is 0 Å². The first-order valence-corrected chi connectivity index (χ1v) is 11.8. The number of carbonyl (C=O) groups is 1. The van der Waals surface area contributed by atoms with Gasteiger partial charge >= 0.3 is 0 Å². The number of hydrogen-bond acceptors (Lipinski definition) is 4. The lowest BCUT2D eigenvalue weighted by Crippen LogP contribution is -2.12. The number of hydrogen-bond donors (Lipinski definition) is 1. The first-order valence-electron chi connectivity index (χ1n) is 9.78. The fraction of sp³-hybridized carbons (Fsp3) is 0.227. The molecule has 0 fully saturated rings. The van der Waals surface area contributed by atoms with Gasteiger partial charge in [0, 0.05) is 27.4 Å². The highest BCUT2D eigenvalue weighted by Gasteiger charge is 2.15. The summed E-state index contributed by atoms with van der Waals surface area (Å²) < 4.78 is 3.60. The summed E-state index contributed by atoms with van der Waals surface area (Å²) in [5, 5.41) is 15.6. The second-order valence-electron chi connectivity index (χ2n) is 7.44. The van der Waals surface area contributed by atoms with E-state index in [9.17, 15) is 4.79 Å². The SMILES string of the molecule is Cc1nn(Cc2csc(C(=O)Nc3cc(C)n(Cc4c(Cl)cccc4Cl)n3)c2)c(C)c1Cl. The number of halogens is 3. The Labute approximate surface area is 204 Å². The Morgan fingerprint density at radius 3 is 2.41 bits per heavy atom. The quantitative estimate of drug-likeness (QED) is 0.329. The summed E-state index contributed by atoms with van der Waals surface area (Å²) in [4.78, 5) is 13.3. The highest BCUT2D eigenvalue weighted by atomic mass is 35.5. The predicted molar refractivity (Wildman–Crippen MR) is 131 cm³/mol. The molecule has 4 rings (SSSR count). The molecular formula is C22H20Cl3N5OS. The standard InChI is InChI=1S/C22H20Cl3N5OS/c1-12-7-20(28-29(12)10-16-17(23)5-4-6-18(16)24)26-22(31)19-8-15(11-32-19)9-30-14(3)21(25)13(2)27-30/h4-8,11H,9-10H2,1-3H3,(H,26,28,31). The molecule has 0 radical (unpaired) electrons. The molecule has 0 saturated carbocycles. The van der Waals surface area contributed by atoms with Gasteiger partial charge in [0.2, 0.25) is 0 Å². The number of anilines is 1. The number of thiophene rings is 1. The van der Waals surface area contributed by atoms with E-state index in [1.165, 1.54) is 11.3 Å². The molecule has 0 aliphatic carbocycles. The van der Waals surface area contributed by atoms with E-state index in [1.807, 2.05) is 43.0 Å². The number of aryl methyl sites for hydroxylation is 2. The minimum Gasteiger partial charge on any atom is -0.304 e. The second-order valence-corrected chi connectivity index (χ2v) is 9.55. The van der Waals surface area contributed by atoms with E-state index in [2.05, 4.69) is 15.5 Å². The van der Waals surface area contributed by atoms with Gasteiger partial charge in [0.15, 0.2) is 5.82 Å². The number of nitrogens with one attached hydrogen (secondary N) is 1. The van der Waals surface area contributed by atoms with Crippen molar-refractivity contribution in [1.29, 1.82) is 0 Å². The van der Waals surface area contributed by atoms with E-state index in [1.54, 1.807) is 22.9 Å². The van der Waals surface area contributed by atoms with Crippen molar-refractivity contribution in [3.05, 3.63) is 83.9 Å². The van der Waals surface area contributed by atoms with Crippen LogP contribution in [0.3, 0.4) is 0 Å². The first kappa shape index (κ1) is 22.9. The summed E-state index contributed by atoms with van der Waals surface area (Å²) >= 11 is 20.2. The molecule has 0 saturated heterocycles. The summed E-state index contributed by atoms with van der Waals surface area (Å²) in [6.07, 6.45) is 0. The van der Waals surface area contributed by atoms with Gasteiger partial charge in [0.25, 0.3) is 5.91 Å². The molecule has 6 nitrogen and oxygen atoms in total. The molecule has 0 atom stereocenters. The Balaban J connectivity index is 1.46. The van der Waals surface area contributed by atoms with Crippen molar-refractivity contribution in [2.45, 2.75) is 33.9 Å². The molecule has 1 aromatic carbocycles. The summed E-state index contributed by atoms with van der Waals surface area (Å²) in [5.41, 5.74) is 4.34. The van der Waals surface area contributed by atoms with Crippen LogP contribution >= 0.6 is 46.1 Å². The van der Waals surface area contributed by atoms with Crippen LogP contribution in [0.4, 0.5) is 5.82 Å². The van der Waals surface area contributed by atoms with Crippen molar-refractivity contribution in [1.82, 2.24) is 19.6 Å². The Bertz CT molecular complexity index is 1290. The fourth-order valence-electron chi connectivity index (χ4n) is 3.32. The lowest BCUT2D eigenvalue weighted by atomic mass is 10.2. The third-order valence-electron chi connectivity index (χ3n) is 5.10. The monoisotopic (exact) mass is 507 g/mol. The maximum Gasteiger partial charge on any atom is 0.266 e. The molecule has 166 valence electrons. The number of nitrogens with zero attached hydrogens (tertiary/aromatic N) is 4. The smallest absolute Gasteiger partial charge is 0.266 e. The molecule has 10 heteroatoms.